The predicted molar refractivity (Wildman–Crippen MR) is 74.1 cm³/mol. The predicted octanol–water partition coefficient (Wildman–Crippen LogP) is 1.93. The van der Waals surface area contributed by atoms with E-state index in [-0.39, 0.29) is 6.04 Å². The van der Waals surface area contributed by atoms with Crippen molar-refractivity contribution in [2.45, 2.75) is 13.0 Å². The van der Waals surface area contributed by atoms with Gasteiger partial charge in [-0.1, -0.05) is 17.7 Å². The van der Waals surface area contributed by atoms with Gasteiger partial charge in [-0.15, -0.1) is 0 Å². The minimum Gasteiger partial charge on any atom is -0.370 e. The van der Waals surface area contributed by atoms with Crippen LogP contribution >= 0.6 is 11.6 Å². The van der Waals surface area contributed by atoms with Crippen LogP contribution in [0.4, 0.5) is 5.69 Å². The molecule has 1 unspecified atom stereocenters. The molecule has 1 aromatic carbocycles. The molecule has 17 heavy (non-hydrogen) atoms. The number of benzene rings is 1. The van der Waals surface area contributed by atoms with Gasteiger partial charge in [0.2, 0.25) is 0 Å². The molecule has 1 aromatic rings. The first-order chi connectivity index (χ1) is 8.08. The van der Waals surface area contributed by atoms with Gasteiger partial charge in [-0.2, -0.15) is 0 Å². The van der Waals surface area contributed by atoms with Crippen molar-refractivity contribution >= 4 is 28.1 Å². The minimum atomic E-state index is -0.646. The number of anilines is 1. The van der Waals surface area contributed by atoms with Crippen molar-refractivity contribution in [2.75, 3.05) is 29.5 Å². The second-order valence-corrected chi connectivity index (χ2v) is 6.43. The Labute approximate surface area is 109 Å². The second kappa shape index (κ2) is 5.38. The molecular weight excluding hydrogens is 256 g/mol. The fraction of sp³-hybridized carbons (Fsp3) is 0.500. The summed E-state index contributed by atoms with van der Waals surface area (Å²) in [7, 11) is -0.646. The molecule has 2 N–H and O–H groups in total. The zero-order valence-corrected chi connectivity index (χ0v) is 11.4. The summed E-state index contributed by atoms with van der Waals surface area (Å²) in [4.78, 5) is 2.22. The monoisotopic (exact) mass is 272 g/mol. The maximum atomic E-state index is 11.3. The molecule has 1 fully saturated rings. The van der Waals surface area contributed by atoms with Gasteiger partial charge in [0, 0.05) is 52.1 Å². The molecule has 0 aromatic heterocycles. The number of rotatable bonds is 2. The number of hydrogen-bond acceptors (Lipinski definition) is 3. The van der Waals surface area contributed by atoms with Crippen LogP contribution in [0, 0.1) is 0 Å². The summed E-state index contributed by atoms with van der Waals surface area (Å²) in [6.07, 6.45) is 0. The van der Waals surface area contributed by atoms with Crippen molar-refractivity contribution < 1.29 is 4.21 Å². The lowest BCUT2D eigenvalue weighted by atomic mass is 10.1. The van der Waals surface area contributed by atoms with Crippen LogP contribution in [0.5, 0.6) is 0 Å². The van der Waals surface area contributed by atoms with Crippen molar-refractivity contribution in [2.24, 2.45) is 5.73 Å². The van der Waals surface area contributed by atoms with Gasteiger partial charge in [-0.05, 0) is 24.6 Å². The molecule has 2 rings (SSSR count). The summed E-state index contributed by atoms with van der Waals surface area (Å²) in [6, 6.07) is 5.92. The standard InChI is InChI=1S/C12H17ClN2OS/c1-9(14)11-3-2-10(8-12(11)13)15-4-6-17(16)7-5-15/h2-3,8-9H,4-7,14H2,1H3. The van der Waals surface area contributed by atoms with E-state index in [9.17, 15) is 4.21 Å². The largest absolute Gasteiger partial charge is 0.370 e. The molecule has 0 bridgehead atoms. The quantitative estimate of drug-likeness (QED) is 0.895. The van der Waals surface area contributed by atoms with E-state index in [0.29, 0.717) is 5.02 Å². The molecule has 1 aliphatic heterocycles. The van der Waals surface area contributed by atoms with Gasteiger partial charge in [-0.3, -0.25) is 4.21 Å². The highest BCUT2D eigenvalue weighted by Gasteiger charge is 2.16. The average Bonchev–Trinajstić information content (AvgIpc) is 2.29. The van der Waals surface area contributed by atoms with Crippen molar-refractivity contribution in [1.29, 1.82) is 0 Å². The van der Waals surface area contributed by atoms with Crippen LogP contribution in [0.2, 0.25) is 5.02 Å². The van der Waals surface area contributed by atoms with Crippen LogP contribution in [0.25, 0.3) is 0 Å². The SMILES string of the molecule is CC(N)c1ccc(N2CCS(=O)CC2)cc1Cl. The first-order valence-corrected chi connectivity index (χ1v) is 7.59. The van der Waals surface area contributed by atoms with Gasteiger partial charge in [0.1, 0.15) is 0 Å². The number of halogens is 1. The molecule has 1 atom stereocenters. The minimum absolute atomic E-state index is 0.0505. The van der Waals surface area contributed by atoms with E-state index in [0.717, 1.165) is 35.8 Å². The van der Waals surface area contributed by atoms with E-state index < -0.39 is 10.8 Å². The highest BCUT2D eigenvalue weighted by Crippen LogP contribution is 2.27. The number of nitrogens with two attached hydrogens (primary N) is 1. The number of hydrogen-bond donors (Lipinski definition) is 1. The Bertz CT molecular complexity index is 427. The third kappa shape index (κ3) is 3.00. The molecule has 94 valence electrons. The molecule has 0 radical (unpaired) electrons. The maximum Gasteiger partial charge on any atom is 0.0474 e. The molecule has 1 aliphatic rings. The highest BCUT2D eigenvalue weighted by atomic mass is 35.5. The van der Waals surface area contributed by atoms with Crippen molar-refractivity contribution in [3.63, 3.8) is 0 Å². The van der Waals surface area contributed by atoms with Gasteiger partial charge in [-0.25, -0.2) is 0 Å². The molecule has 1 saturated heterocycles. The van der Waals surface area contributed by atoms with Crippen LogP contribution in [0.3, 0.4) is 0 Å². The second-order valence-electron chi connectivity index (χ2n) is 4.33. The Kier molecular flexibility index (Phi) is 4.07. The molecule has 3 nitrogen and oxygen atoms in total. The fourth-order valence-corrected chi connectivity index (χ4v) is 3.38. The fourth-order valence-electron chi connectivity index (χ4n) is 1.98. The summed E-state index contributed by atoms with van der Waals surface area (Å²) in [5, 5.41) is 0.712. The smallest absolute Gasteiger partial charge is 0.0474 e. The third-order valence-electron chi connectivity index (χ3n) is 3.02. The summed E-state index contributed by atoms with van der Waals surface area (Å²) >= 11 is 6.21. The van der Waals surface area contributed by atoms with Gasteiger partial charge in [0.15, 0.2) is 0 Å². The van der Waals surface area contributed by atoms with Crippen LogP contribution in [-0.4, -0.2) is 28.8 Å². The summed E-state index contributed by atoms with van der Waals surface area (Å²) in [5.74, 6) is 1.49. The Morgan fingerprint density at radius 3 is 2.59 bits per heavy atom. The Morgan fingerprint density at radius 1 is 1.41 bits per heavy atom. The lowest BCUT2D eigenvalue weighted by molar-refractivity contribution is 0.673. The van der Waals surface area contributed by atoms with Crippen LogP contribution in [0.1, 0.15) is 18.5 Å². The topological polar surface area (TPSA) is 46.3 Å². The third-order valence-corrected chi connectivity index (χ3v) is 4.62. The molecule has 5 heteroatoms. The normalized spacial score (nSPS) is 19.4. The molecular formula is C12H17ClN2OS. The van der Waals surface area contributed by atoms with Crippen LogP contribution in [0.15, 0.2) is 18.2 Å². The molecule has 0 amide bonds. The van der Waals surface area contributed by atoms with Gasteiger partial charge in [0.25, 0.3) is 0 Å². The Balaban J connectivity index is 2.17. The van der Waals surface area contributed by atoms with E-state index in [1.807, 2.05) is 25.1 Å². The lowest BCUT2D eigenvalue weighted by Gasteiger charge is -2.29. The summed E-state index contributed by atoms with van der Waals surface area (Å²) < 4.78 is 11.3. The Morgan fingerprint density at radius 2 is 2.06 bits per heavy atom. The highest BCUT2D eigenvalue weighted by molar-refractivity contribution is 7.85. The Hall–Kier alpha value is -0.580. The molecule has 0 saturated carbocycles. The van der Waals surface area contributed by atoms with E-state index in [4.69, 9.17) is 17.3 Å². The average molecular weight is 273 g/mol. The molecule has 0 spiro atoms. The summed E-state index contributed by atoms with van der Waals surface area (Å²) in [5.41, 5.74) is 7.89. The van der Waals surface area contributed by atoms with Crippen molar-refractivity contribution in [1.82, 2.24) is 0 Å². The van der Waals surface area contributed by atoms with E-state index in [1.54, 1.807) is 0 Å². The van der Waals surface area contributed by atoms with Crippen molar-refractivity contribution in [3.05, 3.63) is 28.8 Å². The molecule has 0 aliphatic carbocycles. The van der Waals surface area contributed by atoms with Gasteiger partial charge < -0.3 is 10.6 Å². The van der Waals surface area contributed by atoms with E-state index in [2.05, 4.69) is 4.90 Å². The van der Waals surface area contributed by atoms with Crippen LogP contribution < -0.4 is 10.6 Å². The van der Waals surface area contributed by atoms with E-state index >= 15 is 0 Å². The first kappa shape index (κ1) is 12.9. The number of nitrogens with zero attached hydrogens (tertiary/aromatic N) is 1. The van der Waals surface area contributed by atoms with Crippen molar-refractivity contribution in [3.8, 4) is 0 Å². The molecule has 1 heterocycles. The van der Waals surface area contributed by atoms with E-state index in [1.165, 1.54) is 0 Å². The zero-order valence-electron chi connectivity index (χ0n) is 9.86. The lowest BCUT2D eigenvalue weighted by Crippen LogP contribution is -2.37. The van der Waals surface area contributed by atoms with Crippen LogP contribution in [-0.2, 0) is 10.8 Å². The van der Waals surface area contributed by atoms with Gasteiger partial charge in [0.05, 0.1) is 0 Å². The maximum absolute atomic E-state index is 11.3. The summed E-state index contributed by atoms with van der Waals surface area (Å²) in [6.45, 7) is 3.59. The zero-order chi connectivity index (χ0) is 12.4. The van der Waals surface area contributed by atoms with Gasteiger partial charge >= 0.3 is 0 Å². The first-order valence-electron chi connectivity index (χ1n) is 5.73.